The third kappa shape index (κ3) is 4.30. The van der Waals surface area contributed by atoms with Gasteiger partial charge in [-0.05, 0) is 50.4 Å². The number of likely N-dealkylation sites (tertiary alicyclic amines) is 1. The molecule has 160 valence electrons. The van der Waals surface area contributed by atoms with E-state index in [1.807, 2.05) is 0 Å². The number of carbonyl (C=O) groups is 4. The van der Waals surface area contributed by atoms with Crippen LogP contribution in [0.5, 0.6) is 0 Å². The van der Waals surface area contributed by atoms with E-state index in [1.165, 1.54) is 0 Å². The standard InChI is InChI=1S/C21H30ClN3O4/c22-14-5-1-3-12(9-14)19(27)23-10-13-4-2-6-15-16(13)11-25(21(15)29)17-7-8-18(26)24-20(17)28/h12-17H,1-11H2,(H,23,27)(H,24,26,28). The lowest BCUT2D eigenvalue weighted by atomic mass is 9.73. The topological polar surface area (TPSA) is 95.6 Å². The van der Waals surface area contributed by atoms with Crippen molar-refractivity contribution in [2.45, 2.75) is 69.2 Å². The Morgan fingerprint density at radius 2 is 1.90 bits per heavy atom. The number of carbonyl (C=O) groups excluding carboxylic acids is 4. The third-order valence-electron chi connectivity index (χ3n) is 7.33. The van der Waals surface area contributed by atoms with Gasteiger partial charge < -0.3 is 10.2 Å². The van der Waals surface area contributed by atoms with Crippen molar-refractivity contribution in [1.29, 1.82) is 0 Å². The van der Waals surface area contributed by atoms with Crippen molar-refractivity contribution in [3.05, 3.63) is 0 Å². The molecular weight excluding hydrogens is 394 g/mol. The molecule has 29 heavy (non-hydrogen) atoms. The number of nitrogens with zero attached hydrogens (tertiary/aromatic N) is 1. The van der Waals surface area contributed by atoms with Crippen LogP contribution in [-0.4, -0.2) is 53.0 Å². The lowest BCUT2D eigenvalue weighted by molar-refractivity contribution is -0.144. The van der Waals surface area contributed by atoms with Gasteiger partial charge in [0.2, 0.25) is 23.6 Å². The van der Waals surface area contributed by atoms with E-state index in [9.17, 15) is 19.2 Å². The highest BCUT2D eigenvalue weighted by Gasteiger charge is 2.49. The van der Waals surface area contributed by atoms with E-state index < -0.39 is 6.04 Å². The van der Waals surface area contributed by atoms with Crippen LogP contribution in [-0.2, 0) is 19.2 Å². The predicted molar refractivity (Wildman–Crippen MR) is 107 cm³/mol. The van der Waals surface area contributed by atoms with Crippen LogP contribution in [0.1, 0.15) is 57.8 Å². The zero-order chi connectivity index (χ0) is 20.5. The molecule has 4 rings (SSSR count). The Labute approximate surface area is 176 Å². The second-order valence-corrected chi connectivity index (χ2v) is 9.74. The van der Waals surface area contributed by atoms with Crippen molar-refractivity contribution < 1.29 is 19.2 Å². The van der Waals surface area contributed by atoms with E-state index in [1.54, 1.807) is 4.90 Å². The summed E-state index contributed by atoms with van der Waals surface area (Å²) in [5.74, 6) is -0.163. The van der Waals surface area contributed by atoms with Crippen LogP contribution in [0.15, 0.2) is 0 Å². The monoisotopic (exact) mass is 423 g/mol. The molecule has 0 spiro atoms. The minimum atomic E-state index is -0.538. The number of halogens is 1. The predicted octanol–water partition coefficient (Wildman–Crippen LogP) is 1.58. The van der Waals surface area contributed by atoms with Crippen LogP contribution in [0.3, 0.4) is 0 Å². The summed E-state index contributed by atoms with van der Waals surface area (Å²) in [4.78, 5) is 51.0. The first-order valence-corrected chi connectivity index (χ1v) is 11.4. The highest BCUT2D eigenvalue weighted by Crippen LogP contribution is 2.42. The Morgan fingerprint density at radius 3 is 2.66 bits per heavy atom. The summed E-state index contributed by atoms with van der Waals surface area (Å²) >= 11 is 6.23. The van der Waals surface area contributed by atoms with Crippen LogP contribution in [0.4, 0.5) is 0 Å². The van der Waals surface area contributed by atoms with Crippen LogP contribution >= 0.6 is 11.6 Å². The minimum Gasteiger partial charge on any atom is -0.356 e. The Balaban J connectivity index is 1.36. The smallest absolute Gasteiger partial charge is 0.249 e. The largest absolute Gasteiger partial charge is 0.356 e. The maximum absolute atomic E-state index is 13.0. The number of hydrogen-bond acceptors (Lipinski definition) is 4. The van der Waals surface area contributed by atoms with Crippen LogP contribution < -0.4 is 10.6 Å². The highest BCUT2D eigenvalue weighted by atomic mass is 35.5. The number of imide groups is 1. The molecule has 0 aromatic carbocycles. The van der Waals surface area contributed by atoms with Gasteiger partial charge in [-0.2, -0.15) is 0 Å². The summed E-state index contributed by atoms with van der Waals surface area (Å²) in [5, 5.41) is 5.58. The molecule has 6 unspecified atom stereocenters. The molecule has 6 atom stereocenters. The molecule has 2 N–H and O–H groups in total. The van der Waals surface area contributed by atoms with E-state index >= 15 is 0 Å². The van der Waals surface area contributed by atoms with E-state index in [2.05, 4.69) is 10.6 Å². The fourth-order valence-corrected chi connectivity index (χ4v) is 6.10. The fraction of sp³-hybridized carbons (Fsp3) is 0.810. The van der Waals surface area contributed by atoms with E-state index in [0.29, 0.717) is 19.5 Å². The minimum absolute atomic E-state index is 0.00387. The summed E-state index contributed by atoms with van der Waals surface area (Å²) in [6.07, 6.45) is 7.08. The van der Waals surface area contributed by atoms with Crippen LogP contribution in [0.2, 0.25) is 0 Å². The summed E-state index contributed by atoms with van der Waals surface area (Å²) < 4.78 is 0. The van der Waals surface area contributed by atoms with Gasteiger partial charge in [-0.25, -0.2) is 0 Å². The quantitative estimate of drug-likeness (QED) is 0.530. The van der Waals surface area contributed by atoms with Crippen molar-refractivity contribution >= 4 is 35.2 Å². The van der Waals surface area contributed by atoms with Gasteiger partial charge in [0.05, 0.1) is 0 Å². The van der Waals surface area contributed by atoms with Crippen LogP contribution in [0.25, 0.3) is 0 Å². The molecule has 4 aliphatic rings. The van der Waals surface area contributed by atoms with Crippen molar-refractivity contribution in [2.24, 2.45) is 23.7 Å². The summed E-state index contributed by atoms with van der Waals surface area (Å²) in [6.45, 7) is 1.13. The number of piperidine rings is 1. The number of fused-ring (bicyclic) bond motifs is 1. The third-order valence-corrected chi connectivity index (χ3v) is 7.72. The molecule has 0 bridgehead atoms. The molecule has 8 heteroatoms. The van der Waals surface area contributed by atoms with E-state index in [0.717, 1.165) is 44.9 Å². The van der Waals surface area contributed by atoms with Gasteiger partial charge in [-0.3, -0.25) is 24.5 Å². The lowest BCUT2D eigenvalue weighted by Gasteiger charge is -2.33. The number of amides is 4. The van der Waals surface area contributed by atoms with Gasteiger partial charge in [0.25, 0.3) is 0 Å². The number of nitrogens with one attached hydrogen (secondary N) is 2. The average molecular weight is 424 g/mol. The SMILES string of the molecule is O=C1CCC(N2CC3C(CNC(=O)C4CCCC(Cl)C4)CCCC3C2=O)C(=O)N1. The first-order valence-electron chi connectivity index (χ1n) is 11.0. The Kier molecular flexibility index (Phi) is 6.13. The number of rotatable bonds is 4. The normalized spacial score (nSPS) is 37.8. The maximum Gasteiger partial charge on any atom is 0.249 e. The summed E-state index contributed by atoms with van der Waals surface area (Å²) in [7, 11) is 0. The average Bonchev–Trinajstić information content (AvgIpc) is 3.03. The Bertz CT molecular complexity index is 699. The lowest BCUT2D eigenvalue weighted by Crippen LogP contribution is -2.53. The van der Waals surface area contributed by atoms with Gasteiger partial charge in [0, 0.05) is 36.7 Å². The van der Waals surface area contributed by atoms with Gasteiger partial charge in [0.1, 0.15) is 6.04 Å². The molecule has 0 aromatic heterocycles. The second kappa shape index (κ2) is 8.62. The van der Waals surface area contributed by atoms with Crippen LogP contribution in [0, 0.1) is 23.7 Å². The zero-order valence-corrected chi connectivity index (χ0v) is 17.5. The first-order chi connectivity index (χ1) is 13.9. The summed E-state index contributed by atoms with van der Waals surface area (Å²) in [5.41, 5.74) is 0. The molecular formula is C21H30ClN3O4. The molecule has 2 aliphatic heterocycles. The highest BCUT2D eigenvalue weighted by molar-refractivity contribution is 6.20. The Hall–Kier alpha value is -1.63. The van der Waals surface area contributed by atoms with E-state index in [4.69, 9.17) is 11.6 Å². The molecule has 2 saturated carbocycles. The van der Waals surface area contributed by atoms with E-state index in [-0.39, 0.29) is 59.1 Å². The van der Waals surface area contributed by atoms with Crippen molar-refractivity contribution in [3.63, 3.8) is 0 Å². The second-order valence-electron chi connectivity index (χ2n) is 9.12. The molecule has 2 saturated heterocycles. The van der Waals surface area contributed by atoms with Crippen molar-refractivity contribution in [2.75, 3.05) is 13.1 Å². The molecule has 7 nitrogen and oxygen atoms in total. The fourth-order valence-electron chi connectivity index (χ4n) is 5.73. The molecule has 0 aromatic rings. The molecule has 2 aliphatic carbocycles. The first kappa shape index (κ1) is 20.6. The zero-order valence-electron chi connectivity index (χ0n) is 16.7. The maximum atomic E-state index is 13.0. The van der Waals surface area contributed by atoms with Gasteiger partial charge in [-0.1, -0.05) is 12.8 Å². The Morgan fingerprint density at radius 1 is 1.10 bits per heavy atom. The summed E-state index contributed by atoms with van der Waals surface area (Å²) in [6, 6.07) is -0.538. The molecule has 4 amide bonds. The van der Waals surface area contributed by atoms with Gasteiger partial charge in [0.15, 0.2) is 0 Å². The van der Waals surface area contributed by atoms with Gasteiger partial charge >= 0.3 is 0 Å². The molecule has 0 radical (unpaired) electrons. The number of hydrogen-bond donors (Lipinski definition) is 2. The molecule has 4 fully saturated rings. The van der Waals surface area contributed by atoms with Gasteiger partial charge in [-0.15, -0.1) is 11.6 Å². The molecule has 2 heterocycles. The number of alkyl halides is 1. The van der Waals surface area contributed by atoms with Crippen molar-refractivity contribution in [3.8, 4) is 0 Å². The van der Waals surface area contributed by atoms with Crippen molar-refractivity contribution in [1.82, 2.24) is 15.5 Å².